The Bertz CT molecular complexity index is 725. The average molecular weight is 339 g/mol. The summed E-state index contributed by atoms with van der Waals surface area (Å²) in [7, 11) is 0. The normalized spacial score (nSPS) is 17.4. The fourth-order valence-electron chi connectivity index (χ4n) is 3.08. The van der Waals surface area contributed by atoms with Gasteiger partial charge in [0.2, 0.25) is 0 Å². The van der Waals surface area contributed by atoms with Crippen LogP contribution >= 0.6 is 0 Å². The van der Waals surface area contributed by atoms with Crippen molar-refractivity contribution in [3.8, 4) is 0 Å². The molecule has 1 N–H and O–H groups in total. The molecular weight excluding hydrogens is 314 g/mol. The van der Waals surface area contributed by atoms with Gasteiger partial charge in [-0.3, -0.25) is 0 Å². The molecule has 0 saturated carbocycles. The predicted molar refractivity (Wildman–Crippen MR) is 98.9 cm³/mol. The fraction of sp³-hybridized carbons (Fsp3) is 0.400. The van der Waals surface area contributed by atoms with Crippen molar-refractivity contribution in [2.45, 2.75) is 45.3 Å². The van der Waals surface area contributed by atoms with Gasteiger partial charge in [-0.15, -0.1) is 0 Å². The highest BCUT2D eigenvalue weighted by molar-refractivity contribution is 5.70. The predicted octanol–water partition coefficient (Wildman–Crippen LogP) is 4.90. The summed E-state index contributed by atoms with van der Waals surface area (Å²) in [6.07, 6.45) is 3.38. The van der Waals surface area contributed by atoms with E-state index in [-0.39, 0.29) is 12.1 Å². The number of carbonyl (C=O) groups is 1. The number of carbonyl (C=O) groups excluding carboxylic acids is 1. The molecule has 3 rings (SSSR count). The number of para-hydroxylation sites is 1. The Kier molecular flexibility index (Phi) is 4.93. The number of nitrogens with zero attached hydrogens (tertiary/aromatic N) is 2. The topological polar surface area (TPSA) is 54.5 Å². The van der Waals surface area contributed by atoms with Crippen LogP contribution in [0.4, 0.5) is 16.3 Å². The molecule has 1 fully saturated rings. The molecule has 1 unspecified atom stereocenters. The second kappa shape index (κ2) is 7.13. The fourth-order valence-corrected chi connectivity index (χ4v) is 3.08. The number of rotatable bonds is 3. The van der Waals surface area contributed by atoms with Crippen molar-refractivity contribution >= 4 is 17.6 Å². The van der Waals surface area contributed by atoms with Crippen molar-refractivity contribution in [3.05, 3.63) is 54.2 Å². The number of ether oxygens (including phenoxy) is 1. The molecule has 1 aromatic carbocycles. The monoisotopic (exact) mass is 339 g/mol. The van der Waals surface area contributed by atoms with Crippen LogP contribution in [0, 0.1) is 0 Å². The zero-order valence-electron chi connectivity index (χ0n) is 15.0. The molecule has 25 heavy (non-hydrogen) atoms. The minimum Gasteiger partial charge on any atom is -0.444 e. The minimum absolute atomic E-state index is 0.0187. The van der Waals surface area contributed by atoms with Crippen LogP contribution < -0.4 is 5.32 Å². The largest absolute Gasteiger partial charge is 0.444 e. The van der Waals surface area contributed by atoms with E-state index in [4.69, 9.17) is 4.74 Å². The van der Waals surface area contributed by atoms with E-state index < -0.39 is 5.60 Å². The number of pyridine rings is 1. The molecule has 1 atom stereocenters. The summed E-state index contributed by atoms with van der Waals surface area (Å²) in [5.74, 6) is 0.786. The standard InChI is InChI=1S/C20H25N3O2/c1-20(2,3)25-19(24)23-14-8-12-17(23)16-11-7-13-21-18(16)22-15-9-5-4-6-10-15/h4-7,9-11,13,17H,8,12,14H2,1-3H3,(H,21,22). The lowest BCUT2D eigenvalue weighted by Gasteiger charge is -2.29. The van der Waals surface area contributed by atoms with Gasteiger partial charge >= 0.3 is 6.09 Å². The molecule has 132 valence electrons. The first kappa shape index (κ1) is 17.3. The SMILES string of the molecule is CC(C)(C)OC(=O)N1CCCC1c1cccnc1Nc1ccccc1. The maximum absolute atomic E-state index is 12.6. The number of nitrogens with one attached hydrogen (secondary N) is 1. The second-order valence-corrected chi connectivity index (χ2v) is 7.26. The van der Waals surface area contributed by atoms with Crippen molar-refractivity contribution in [3.63, 3.8) is 0 Å². The van der Waals surface area contributed by atoms with Crippen LogP contribution in [0.3, 0.4) is 0 Å². The Morgan fingerprint density at radius 3 is 2.68 bits per heavy atom. The third kappa shape index (κ3) is 4.29. The summed E-state index contributed by atoms with van der Waals surface area (Å²) < 4.78 is 5.58. The lowest BCUT2D eigenvalue weighted by molar-refractivity contribution is 0.0225. The Hall–Kier alpha value is -2.56. The maximum Gasteiger partial charge on any atom is 0.410 e. The van der Waals surface area contributed by atoms with E-state index >= 15 is 0 Å². The third-order valence-corrected chi connectivity index (χ3v) is 4.12. The van der Waals surface area contributed by atoms with Gasteiger partial charge in [0.25, 0.3) is 0 Å². The van der Waals surface area contributed by atoms with Crippen LogP contribution in [0.5, 0.6) is 0 Å². The van der Waals surface area contributed by atoms with E-state index in [1.807, 2.05) is 68.1 Å². The van der Waals surface area contributed by atoms with Crippen molar-refractivity contribution in [2.75, 3.05) is 11.9 Å². The van der Waals surface area contributed by atoms with E-state index in [9.17, 15) is 4.79 Å². The molecule has 1 saturated heterocycles. The second-order valence-electron chi connectivity index (χ2n) is 7.26. The highest BCUT2D eigenvalue weighted by atomic mass is 16.6. The van der Waals surface area contributed by atoms with E-state index in [0.717, 1.165) is 29.9 Å². The van der Waals surface area contributed by atoms with Crippen molar-refractivity contribution < 1.29 is 9.53 Å². The van der Waals surface area contributed by atoms with Gasteiger partial charge < -0.3 is 15.0 Å². The molecule has 1 amide bonds. The minimum atomic E-state index is -0.496. The summed E-state index contributed by atoms with van der Waals surface area (Å²) in [5.41, 5.74) is 1.50. The van der Waals surface area contributed by atoms with Gasteiger partial charge in [0, 0.05) is 24.0 Å². The smallest absolute Gasteiger partial charge is 0.410 e. The van der Waals surface area contributed by atoms with Gasteiger partial charge in [-0.05, 0) is 51.8 Å². The van der Waals surface area contributed by atoms with Gasteiger partial charge in [-0.2, -0.15) is 0 Å². The molecule has 5 heteroatoms. The van der Waals surface area contributed by atoms with Gasteiger partial charge in [-0.1, -0.05) is 24.3 Å². The molecular formula is C20H25N3O2. The Morgan fingerprint density at radius 1 is 1.20 bits per heavy atom. The third-order valence-electron chi connectivity index (χ3n) is 4.12. The summed E-state index contributed by atoms with van der Waals surface area (Å²) >= 11 is 0. The molecule has 1 aromatic heterocycles. The van der Waals surface area contributed by atoms with Crippen LogP contribution in [-0.2, 0) is 4.74 Å². The van der Waals surface area contributed by atoms with E-state index in [0.29, 0.717) is 6.54 Å². The van der Waals surface area contributed by atoms with Crippen LogP contribution in [-0.4, -0.2) is 28.1 Å². The molecule has 2 heterocycles. The highest BCUT2D eigenvalue weighted by Gasteiger charge is 2.34. The molecule has 1 aliphatic heterocycles. The zero-order chi connectivity index (χ0) is 17.9. The molecule has 2 aromatic rings. The number of aromatic nitrogens is 1. The van der Waals surface area contributed by atoms with E-state index in [2.05, 4.69) is 10.3 Å². The number of benzene rings is 1. The van der Waals surface area contributed by atoms with E-state index in [1.165, 1.54) is 0 Å². The Morgan fingerprint density at radius 2 is 1.96 bits per heavy atom. The summed E-state index contributed by atoms with van der Waals surface area (Å²) in [6.45, 7) is 6.38. The van der Waals surface area contributed by atoms with Crippen molar-refractivity contribution in [1.29, 1.82) is 0 Å². The summed E-state index contributed by atoms with van der Waals surface area (Å²) in [5, 5.41) is 3.37. The van der Waals surface area contributed by atoms with E-state index in [1.54, 1.807) is 6.20 Å². The molecule has 0 spiro atoms. The summed E-state index contributed by atoms with van der Waals surface area (Å²) in [4.78, 5) is 18.9. The molecule has 1 aliphatic rings. The molecule has 0 bridgehead atoms. The average Bonchev–Trinajstić information content (AvgIpc) is 3.04. The van der Waals surface area contributed by atoms with Gasteiger partial charge in [0.15, 0.2) is 0 Å². The number of anilines is 2. The first-order chi connectivity index (χ1) is 11.9. The van der Waals surface area contributed by atoms with Crippen LogP contribution in [0.25, 0.3) is 0 Å². The lowest BCUT2D eigenvalue weighted by atomic mass is 10.1. The molecule has 0 aliphatic carbocycles. The van der Waals surface area contributed by atoms with Gasteiger partial charge in [0.05, 0.1) is 6.04 Å². The van der Waals surface area contributed by atoms with Crippen LogP contribution in [0.1, 0.15) is 45.2 Å². The Balaban J connectivity index is 1.84. The number of hydrogen-bond donors (Lipinski definition) is 1. The van der Waals surface area contributed by atoms with Crippen LogP contribution in [0.15, 0.2) is 48.7 Å². The molecule has 5 nitrogen and oxygen atoms in total. The van der Waals surface area contributed by atoms with Crippen LogP contribution in [0.2, 0.25) is 0 Å². The number of likely N-dealkylation sites (tertiary alicyclic amines) is 1. The van der Waals surface area contributed by atoms with Crippen molar-refractivity contribution in [1.82, 2.24) is 9.88 Å². The lowest BCUT2D eigenvalue weighted by Crippen LogP contribution is -2.36. The maximum atomic E-state index is 12.6. The van der Waals surface area contributed by atoms with Gasteiger partial charge in [-0.25, -0.2) is 9.78 Å². The summed E-state index contributed by atoms with van der Waals surface area (Å²) in [6, 6.07) is 13.9. The highest BCUT2D eigenvalue weighted by Crippen LogP contribution is 2.36. The first-order valence-corrected chi connectivity index (χ1v) is 8.71. The quantitative estimate of drug-likeness (QED) is 0.864. The number of amides is 1. The van der Waals surface area contributed by atoms with Crippen molar-refractivity contribution in [2.24, 2.45) is 0 Å². The molecule has 0 radical (unpaired) electrons. The first-order valence-electron chi connectivity index (χ1n) is 8.71. The zero-order valence-corrected chi connectivity index (χ0v) is 15.0. The number of hydrogen-bond acceptors (Lipinski definition) is 4. The Labute approximate surface area is 149 Å². The van der Waals surface area contributed by atoms with Gasteiger partial charge in [0.1, 0.15) is 11.4 Å².